The van der Waals surface area contributed by atoms with Gasteiger partial charge in [-0.1, -0.05) is 44.5 Å². The summed E-state index contributed by atoms with van der Waals surface area (Å²) < 4.78 is 5.54. The minimum atomic E-state index is -0.569. The van der Waals surface area contributed by atoms with Gasteiger partial charge in [0.05, 0.1) is 5.02 Å². The molecular weight excluding hydrogens is 321 g/mol. The largest absolute Gasteiger partial charge is 0.489 e. The molecule has 2 N–H and O–H groups in total. The summed E-state index contributed by atoms with van der Waals surface area (Å²) >= 11 is 6.01. The van der Waals surface area contributed by atoms with Gasteiger partial charge in [0, 0.05) is 12.1 Å². The zero-order chi connectivity index (χ0) is 16.1. The summed E-state index contributed by atoms with van der Waals surface area (Å²) in [4.78, 5) is 0. The van der Waals surface area contributed by atoms with Crippen molar-refractivity contribution < 1.29 is 9.84 Å². The van der Waals surface area contributed by atoms with E-state index in [1.165, 1.54) is 0 Å². The second kappa shape index (κ2) is 8.97. The van der Waals surface area contributed by atoms with E-state index in [0.717, 1.165) is 6.42 Å². The van der Waals surface area contributed by atoms with Crippen LogP contribution in [-0.2, 0) is 0 Å². The number of halogens is 2. The molecule has 128 valence electrons. The maximum absolute atomic E-state index is 10.0. The van der Waals surface area contributed by atoms with E-state index < -0.39 is 6.10 Å². The van der Waals surface area contributed by atoms with Crippen molar-refractivity contribution in [2.45, 2.75) is 52.7 Å². The molecule has 0 aromatic heterocycles. The van der Waals surface area contributed by atoms with Crippen LogP contribution in [0.4, 0.5) is 0 Å². The number of aliphatic hydroxyl groups excluding tert-OH is 1. The number of hydrogen-bond donors (Lipinski definition) is 2. The molecule has 0 amide bonds. The number of rotatable bonds is 7. The molecule has 3 nitrogen and oxygen atoms in total. The van der Waals surface area contributed by atoms with Crippen LogP contribution in [0.1, 0.15) is 41.0 Å². The zero-order valence-corrected chi connectivity index (χ0v) is 15.7. The molecule has 1 aromatic rings. The van der Waals surface area contributed by atoms with E-state index in [9.17, 15) is 5.11 Å². The highest BCUT2D eigenvalue weighted by molar-refractivity contribution is 6.32. The van der Waals surface area contributed by atoms with Crippen LogP contribution in [0, 0.1) is 5.41 Å². The van der Waals surface area contributed by atoms with Gasteiger partial charge in [-0.25, -0.2) is 0 Å². The first-order valence-corrected chi connectivity index (χ1v) is 7.77. The molecule has 0 radical (unpaired) electrons. The second-order valence-corrected chi connectivity index (χ2v) is 7.80. The lowest BCUT2D eigenvalue weighted by Gasteiger charge is -2.34. The van der Waals surface area contributed by atoms with Crippen LogP contribution in [0.15, 0.2) is 24.3 Å². The van der Waals surface area contributed by atoms with Crippen LogP contribution in [0.5, 0.6) is 5.75 Å². The van der Waals surface area contributed by atoms with Crippen LogP contribution >= 0.6 is 24.0 Å². The number of nitrogens with one attached hydrogen (secondary N) is 1. The topological polar surface area (TPSA) is 41.5 Å². The van der Waals surface area contributed by atoms with Gasteiger partial charge in [0.2, 0.25) is 0 Å². The maximum Gasteiger partial charge on any atom is 0.138 e. The molecule has 5 heteroatoms. The predicted molar refractivity (Wildman–Crippen MR) is 96.4 cm³/mol. The first kappa shape index (κ1) is 21.5. The smallest absolute Gasteiger partial charge is 0.138 e. The van der Waals surface area contributed by atoms with Crippen molar-refractivity contribution in [3.8, 4) is 5.75 Å². The minimum Gasteiger partial charge on any atom is -0.489 e. The fraction of sp³-hybridized carbons (Fsp3) is 0.647. The Morgan fingerprint density at radius 3 is 2.32 bits per heavy atom. The number of β-amino-alcohol motifs (C(OH)–C–C–N with tert-alkyl or cyclic N) is 1. The van der Waals surface area contributed by atoms with Crippen LogP contribution < -0.4 is 10.1 Å². The van der Waals surface area contributed by atoms with Gasteiger partial charge in [0.25, 0.3) is 0 Å². The number of para-hydroxylation sites is 1. The van der Waals surface area contributed by atoms with E-state index >= 15 is 0 Å². The monoisotopic (exact) mass is 349 g/mol. The molecule has 0 aliphatic carbocycles. The zero-order valence-electron chi connectivity index (χ0n) is 14.1. The third-order valence-corrected chi connectivity index (χ3v) is 3.37. The number of ether oxygens (including phenoxy) is 1. The minimum absolute atomic E-state index is 0. The Morgan fingerprint density at radius 1 is 1.18 bits per heavy atom. The molecule has 1 rings (SSSR count). The molecule has 22 heavy (non-hydrogen) atoms. The number of benzene rings is 1. The van der Waals surface area contributed by atoms with Gasteiger partial charge < -0.3 is 15.2 Å². The number of aliphatic hydroxyl groups is 1. The summed E-state index contributed by atoms with van der Waals surface area (Å²) in [5.41, 5.74) is 0.221. The van der Waals surface area contributed by atoms with Crippen LogP contribution in [0.3, 0.4) is 0 Å². The van der Waals surface area contributed by atoms with E-state index in [2.05, 4.69) is 39.9 Å². The fourth-order valence-electron chi connectivity index (χ4n) is 2.59. The normalized spacial score (nSPS) is 13.4. The second-order valence-electron chi connectivity index (χ2n) is 7.40. The molecule has 0 bridgehead atoms. The SMILES string of the molecule is CC(C)(C)CC(C)(C)NCC(O)COc1ccccc1Cl.Cl. The van der Waals surface area contributed by atoms with E-state index in [4.69, 9.17) is 16.3 Å². The van der Waals surface area contributed by atoms with Crippen molar-refractivity contribution in [1.29, 1.82) is 0 Å². The van der Waals surface area contributed by atoms with Crippen molar-refractivity contribution in [2.24, 2.45) is 5.41 Å². The van der Waals surface area contributed by atoms with Gasteiger partial charge in [-0.15, -0.1) is 12.4 Å². The van der Waals surface area contributed by atoms with E-state index in [1.54, 1.807) is 12.1 Å². The van der Waals surface area contributed by atoms with Gasteiger partial charge in [0.15, 0.2) is 0 Å². The van der Waals surface area contributed by atoms with E-state index in [-0.39, 0.29) is 30.0 Å². The fourth-order valence-corrected chi connectivity index (χ4v) is 2.78. The van der Waals surface area contributed by atoms with Crippen molar-refractivity contribution >= 4 is 24.0 Å². The Labute approximate surface area is 145 Å². The molecule has 0 spiro atoms. The van der Waals surface area contributed by atoms with E-state index in [0.29, 0.717) is 17.3 Å². The van der Waals surface area contributed by atoms with E-state index in [1.807, 2.05) is 12.1 Å². The summed E-state index contributed by atoms with van der Waals surface area (Å²) in [6, 6.07) is 7.28. The third-order valence-electron chi connectivity index (χ3n) is 3.06. The van der Waals surface area contributed by atoms with Gasteiger partial charge >= 0.3 is 0 Å². The molecule has 1 aromatic carbocycles. The molecular formula is C17H29Cl2NO2. The molecule has 1 atom stereocenters. The lowest BCUT2D eigenvalue weighted by molar-refractivity contribution is 0.0944. The van der Waals surface area contributed by atoms with Crippen molar-refractivity contribution in [1.82, 2.24) is 5.32 Å². The van der Waals surface area contributed by atoms with Gasteiger partial charge in [-0.3, -0.25) is 0 Å². The lowest BCUT2D eigenvalue weighted by atomic mass is 9.82. The highest BCUT2D eigenvalue weighted by Gasteiger charge is 2.25. The lowest BCUT2D eigenvalue weighted by Crippen LogP contribution is -2.46. The molecule has 0 saturated carbocycles. The maximum atomic E-state index is 10.0. The Morgan fingerprint density at radius 2 is 1.77 bits per heavy atom. The molecule has 0 aliphatic heterocycles. The average molecular weight is 350 g/mol. The standard InChI is InChI=1S/C17H28ClNO2.ClH/c1-16(2,3)12-17(4,5)19-10-13(20)11-21-15-9-7-6-8-14(15)18;/h6-9,13,19-20H,10-12H2,1-5H3;1H. The van der Waals surface area contributed by atoms with Gasteiger partial charge in [0.1, 0.15) is 18.5 Å². The summed E-state index contributed by atoms with van der Waals surface area (Å²) in [6.07, 6.45) is 0.457. The quantitative estimate of drug-likeness (QED) is 0.770. The molecule has 0 fully saturated rings. The highest BCUT2D eigenvalue weighted by atomic mass is 35.5. The van der Waals surface area contributed by atoms with Crippen molar-refractivity contribution in [2.75, 3.05) is 13.2 Å². The Balaban J connectivity index is 0.00000441. The van der Waals surface area contributed by atoms with Crippen LogP contribution in [-0.4, -0.2) is 29.9 Å². The molecule has 0 heterocycles. The number of hydrogen-bond acceptors (Lipinski definition) is 3. The summed E-state index contributed by atoms with van der Waals surface area (Å²) in [7, 11) is 0. The van der Waals surface area contributed by atoms with Crippen LogP contribution in [0.2, 0.25) is 5.02 Å². The summed E-state index contributed by atoms with van der Waals surface area (Å²) in [5.74, 6) is 0.604. The van der Waals surface area contributed by atoms with Crippen molar-refractivity contribution in [3.63, 3.8) is 0 Å². The average Bonchev–Trinajstić information content (AvgIpc) is 2.33. The molecule has 1 unspecified atom stereocenters. The van der Waals surface area contributed by atoms with Gasteiger partial charge in [-0.2, -0.15) is 0 Å². The molecule has 0 aliphatic rings. The van der Waals surface area contributed by atoms with Gasteiger partial charge in [-0.05, 0) is 37.8 Å². The third kappa shape index (κ3) is 8.84. The Bertz CT molecular complexity index is 445. The van der Waals surface area contributed by atoms with Crippen molar-refractivity contribution in [3.05, 3.63) is 29.3 Å². The summed E-state index contributed by atoms with van der Waals surface area (Å²) in [6.45, 7) is 11.7. The molecule has 0 saturated heterocycles. The first-order valence-electron chi connectivity index (χ1n) is 7.39. The first-order chi connectivity index (χ1) is 9.59. The van der Waals surface area contributed by atoms with Crippen LogP contribution in [0.25, 0.3) is 0 Å². The Kier molecular flexibility index (Phi) is 8.78. The Hall–Kier alpha value is -0.480. The summed E-state index contributed by atoms with van der Waals surface area (Å²) in [5, 5.41) is 14.0. The predicted octanol–water partition coefficient (Wildman–Crippen LogP) is 4.31. The highest BCUT2D eigenvalue weighted by Crippen LogP contribution is 2.27.